The van der Waals surface area contributed by atoms with Crippen LogP contribution >= 0.6 is 0 Å². The summed E-state index contributed by atoms with van der Waals surface area (Å²) in [7, 11) is 0.416. The van der Waals surface area contributed by atoms with Crippen molar-refractivity contribution in [1.29, 1.82) is 0 Å². The second-order valence-corrected chi connectivity index (χ2v) is 9.61. The second kappa shape index (κ2) is 11.7. The first-order valence-electron chi connectivity index (χ1n) is 11.0. The van der Waals surface area contributed by atoms with Crippen LogP contribution < -0.4 is 24.2 Å². The third-order valence-corrected chi connectivity index (χ3v) is 6.91. The van der Waals surface area contributed by atoms with Crippen LogP contribution in [0.3, 0.4) is 0 Å². The number of ether oxygens (including phenoxy) is 3. The molecule has 1 amide bonds. The Hall–Kier alpha value is -3.56. The lowest BCUT2D eigenvalue weighted by atomic mass is 10.1. The number of methoxy groups -OCH3 is 3. The molecule has 3 aromatic rings. The molecule has 0 unspecified atom stereocenters. The minimum atomic E-state index is -4.06. The second-order valence-electron chi connectivity index (χ2n) is 7.93. The van der Waals surface area contributed by atoms with Gasteiger partial charge in [0.2, 0.25) is 15.9 Å². The normalized spacial score (nSPS) is 12.0. The van der Waals surface area contributed by atoms with Crippen LogP contribution in [-0.4, -0.2) is 41.7 Å². The van der Waals surface area contributed by atoms with Crippen molar-refractivity contribution < 1.29 is 27.4 Å². The van der Waals surface area contributed by atoms with Crippen molar-refractivity contribution in [2.75, 3.05) is 21.3 Å². The molecule has 0 saturated heterocycles. The van der Waals surface area contributed by atoms with E-state index >= 15 is 0 Å². The molecule has 0 saturated carbocycles. The van der Waals surface area contributed by atoms with Crippen LogP contribution in [0.25, 0.3) is 0 Å². The fourth-order valence-electron chi connectivity index (χ4n) is 3.59. The maximum Gasteiger partial charge on any atom is 0.244 e. The zero-order valence-electron chi connectivity index (χ0n) is 20.2. The Morgan fingerprint density at radius 3 is 2.14 bits per heavy atom. The van der Waals surface area contributed by atoms with Gasteiger partial charge in [-0.2, -0.15) is 4.72 Å². The maximum atomic E-state index is 13.3. The quantitative estimate of drug-likeness (QED) is 0.421. The highest BCUT2D eigenvalue weighted by atomic mass is 32.2. The molecule has 0 spiro atoms. The summed E-state index contributed by atoms with van der Waals surface area (Å²) in [5.74, 6) is 0.850. The Kier molecular flexibility index (Phi) is 8.73. The number of amides is 1. The van der Waals surface area contributed by atoms with Crippen molar-refractivity contribution in [1.82, 2.24) is 10.0 Å². The largest absolute Gasteiger partial charge is 0.495 e. The molecule has 0 aliphatic heterocycles. The molecule has 1 atom stereocenters. The summed E-state index contributed by atoms with van der Waals surface area (Å²) in [6.45, 7) is 1.97. The van der Waals surface area contributed by atoms with E-state index in [0.29, 0.717) is 11.5 Å². The molecule has 8 nitrogen and oxygen atoms in total. The summed E-state index contributed by atoms with van der Waals surface area (Å²) in [5.41, 5.74) is 2.35. The van der Waals surface area contributed by atoms with Crippen molar-refractivity contribution in [2.45, 2.75) is 30.8 Å². The van der Waals surface area contributed by atoms with Gasteiger partial charge in [-0.25, -0.2) is 8.42 Å². The zero-order chi connectivity index (χ0) is 25.4. The van der Waals surface area contributed by atoms with Gasteiger partial charge in [-0.15, -0.1) is 0 Å². The fourth-order valence-corrected chi connectivity index (χ4v) is 5.03. The van der Waals surface area contributed by atoms with Crippen molar-refractivity contribution >= 4 is 15.9 Å². The molecular weight excluding hydrogens is 468 g/mol. The van der Waals surface area contributed by atoms with E-state index in [2.05, 4.69) is 10.0 Å². The lowest BCUT2D eigenvalue weighted by molar-refractivity contribution is -0.122. The van der Waals surface area contributed by atoms with Crippen LogP contribution in [0, 0.1) is 6.92 Å². The predicted molar refractivity (Wildman–Crippen MR) is 133 cm³/mol. The van der Waals surface area contributed by atoms with Crippen molar-refractivity contribution in [2.24, 2.45) is 0 Å². The first-order valence-corrected chi connectivity index (χ1v) is 12.4. The van der Waals surface area contributed by atoms with E-state index in [4.69, 9.17) is 14.2 Å². The maximum absolute atomic E-state index is 13.3. The van der Waals surface area contributed by atoms with Gasteiger partial charge in [-0.1, -0.05) is 42.5 Å². The van der Waals surface area contributed by atoms with E-state index in [1.807, 2.05) is 30.3 Å². The Bertz CT molecular complexity index is 1260. The molecule has 0 aliphatic rings. The van der Waals surface area contributed by atoms with Gasteiger partial charge < -0.3 is 19.5 Å². The monoisotopic (exact) mass is 498 g/mol. The Labute approximate surface area is 206 Å². The summed E-state index contributed by atoms with van der Waals surface area (Å²) >= 11 is 0. The summed E-state index contributed by atoms with van der Waals surface area (Å²) in [4.78, 5) is 13.2. The number of nitrogens with one attached hydrogen (secondary N) is 2. The summed E-state index contributed by atoms with van der Waals surface area (Å²) < 4.78 is 45.0. The van der Waals surface area contributed by atoms with E-state index in [1.54, 1.807) is 44.4 Å². The molecule has 3 aromatic carbocycles. The average molecular weight is 499 g/mol. The van der Waals surface area contributed by atoms with E-state index in [-0.39, 0.29) is 23.6 Å². The third-order valence-electron chi connectivity index (χ3n) is 5.42. The van der Waals surface area contributed by atoms with Crippen molar-refractivity contribution in [3.8, 4) is 17.2 Å². The van der Waals surface area contributed by atoms with Crippen LogP contribution in [-0.2, 0) is 27.8 Å². The number of hydrogen-bond donors (Lipinski definition) is 2. The Balaban J connectivity index is 1.84. The molecule has 0 aliphatic carbocycles. The molecule has 0 bridgehead atoms. The van der Waals surface area contributed by atoms with Crippen molar-refractivity contribution in [3.63, 3.8) is 0 Å². The minimum Gasteiger partial charge on any atom is -0.495 e. The average Bonchev–Trinajstić information content (AvgIpc) is 2.87. The molecule has 0 aromatic heterocycles. The van der Waals surface area contributed by atoms with E-state index in [1.165, 1.54) is 20.3 Å². The molecule has 0 radical (unpaired) electrons. The minimum absolute atomic E-state index is 0.0225. The summed E-state index contributed by atoms with van der Waals surface area (Å²) in [6, 6.07) is 18.3. The molecule has 0 heterocycles. The van der Waals surface area contributed by atoms with E-state index in [0.717, 1.165) is 16.7 Å². The van der Waals surface area contributed by atoms with Gasteiger partial charge in [0.1, 0.15) is 16.7 Å². The highest BCUT2D eigenvalue weighted by molar-refractivity contribution is 7.89. The van der Waals surface area contributed by atoms with E-state index in [9.17, 15) is 13.2 Å². The number of aryl methyl sites for hydroxylation is 1. The predicted octanol–water partition coefficient (Wildman–Crippen LogP) is 3.23. The van der Waals surface area contributed by atoms with Crippen LogP contribution in [0.5, 0.6) is 17.2 Å². The molecule has 35 heavy (non-hydrogen) atoms. The Morgan fingerprint density at radius 2 is 1.49 bits per heavy atom. The number of hydrogen-bond acceptors (Lipinski definition) is 6. The molecular formula is C26H30N2O6S. The molecule has 9 heteroatoms. The van der Waals surface area contributed by atoms with Gasteiger partial charge in [-0.3, -0.25) is 4.79 Å². The van der Waals surface area contributed by atoms with E-state index < -0.39 is 22.0 Å². The van der Waals surface area contributed by atoms with Gasteiger partial charge in [0.15, 0.2) is 11.5 Å². The number of rotatable bonds is 11. The number of benzene rings is 3. The molecule has 2 N–H and O–H groups in total. The molecule has 186 valence electrons. The van der Waals surface area contributed by atoms with Gasteiger partial charge >= 0.3 is 0 Å². The van der Waals surface area contributed by atoms with Crippen LogP contribution in [0.1, 0.15) is 16.7 Å². The topological polar surface area (TPSA) is 103 Å². The number of carbonyl (C=O) groups excluding carboxylic acids is 1. The van der Waals surface area contributed by atoms with Gasteiger partial charge in [0.25, 0.3) is 0 Å². The lowest BCUT2D eigenvalue weighted by Crippen LogP contribution is -2.47. The number of carbonyl (C=O) groups is 1. The first-order chi connectivity index (χ1) is 16.8. The van der Waals surface area contributed by atoms with Gasteiger partial charge in [0.05, 0.1) is 21.3 Å². The van der Waals surface area contributed by atoms with Crippen LogP contribution in [0.15, 0.2) is 71.6 Å². The van der Waals surface area contributed by atoms with Crippen molar-refractivity contribution in [3.05, 3.63) is 83.4 Å². The zero-order valence-corrected chi connectivity index (χ0v) is 21.0. The molecule has 0 fully saturated rings. The summed E-state index contributed by atoms with van der Waals surface area (Å²) in [5, 5.41) is 2.83. The Morgan fingerprint density at radius 1 is 0.829 bits per heavy atom. The fraction of sp³-hybridized carbons (Fsp3) is 0.269. The SMILES string of the molecule is COc1ccc(CNC(=O)[C@@H](Cc2ccccc2)NS(=O)(=O)c2cc(C)ccc2OC)cc1OC. The first kappa shape index (κ1) is 26.1. The van der Waals surface area contributed by atoms with Crippen LogP contribution in [0.4, 0.5) is 0 Å². The van der Waals surface area contributed by atoms with Crippen LogP contribution in [0.2, 0.25) is 0 Å². The standard InChI is InChI=1S/C26H30N2O6S/c1-18-10-12-23(33-3)25(14-18)35(30,31)28-21(15-19-8-6-5-7-9-19)26(29)27-17-20-11-13-22(32-2)24(16-20)34-4/h5-14,16,21,28H,15,17H2,1-4H3,(H,27,29)/t21-/m1/s1. The number of sulfonamides is 1. The lowest BCUT2D eigenvalue weighted by Gasteiger charge is -2.20. The van der Waals surface area contributed by atoms with Gasteiger partial charge in [-0.05, 0) is 54.3 Å². The third kappa shape index (κ3) is 6.74. The highest BCUT2D eigenvalue weighted by Crippen LogP contribution is 2.28. The van der Waals surface area contributed by atoms with Gasteiger partial charge in [0, 0.05) is 6.54 Å². The highest BCUT2D eigenvalue weighted by Gasteiger charge is 2.28. The smallest absolute Gasteiger partial charge is 0.244 e. The molecule has 3 rings (SSSR count). The summed E-state index contributed by atoms with van der Waals surface area (Å²) in [6.07, 6.45) is 0.173.